The van der Waals surface area contributed by atoms with Gasteiger partial charge in [0.05, 0.1) is 5.41 Å². The number of benzene rings is 1. The van der Waals surface area contributed by atoms with Crippen LogP contribution in [0.15, 0.2) is 24.3 Å². The molecule has 126 valence electrons. The van der Waals surface area contributed by atoms with E-state index < -0.39 is 5.41 Å². The number of carbonyl (C=O) groups excluding carboxylic acids is 1. The highest BCUT2D eigenvalue weighted by atomic mass is 16.5. The highest BCUT2D eigenvalue weighted by molar-refractivity contribution is 5.88. The number of aryl methyl sites for hydroxylation is 1. The van der Waals surface area contributed by atoms with Gasteiger partial charge in [0.1, 0.15) is 0 Å². The zero-order valence-electron chi connectivity index (χ0n) is 14.3. The van der Waals surface area contributed by atoms with Crippen LogP contribution in [0.2, 0.25) is 0 Å². The van der Waals surface area contributed by atoms with Crippen LogP contribution in [0.4, 0.5) is 0 Å². The zero-order chi connectivity index (χ0) is 16.5. The molecule has 0 bridgehead atoms. The molecule has 4 nitrogen and oxygen atoms in total. The lowest BCUT2D eigenvalue weighted by atomic mass is 9.72. The van der Waals surface area contributed by atoms with E-state index in [4.69, 9.17) is 10.5 Å². The van der Waals surface area contributed by atoms with Gasteiger partial charge in [-0.3, -0.25) is 4.79 Å². The summed E-state index contributed by atoms with van der Waals surface area (Å²) in [5, 5.41) is 0. The smallest absolute Gasteiger partial charge is 0.233 e. The molecule has 2 saturated heterocycles. The summed E-state index contributed by atoms with van der Waals surface area (Å²) in [6.45, 7) is 7.80. The fourth-order valence-electron chi connectivity index (χ4n) is 3.88. The van der Waals surface area contributed by atoms with Crippen molar-refractivity contribution in [2.45, 2.75) is 38.5 Å². The van der Waals surface area contributed by atoms with E-state index in [0.29, 0.717) is 19.8 Å². The Balaban J connectivity index is 1.90. The highest BCUT2D eigenvalue weighted by Crippen LogP contribution is 2.39. The van der Waals surface area contributed by atoms with Gasteiger partial charge in [0.25, 0.3) is 0 Å². The molecule has 2 aliphatic heterocycles. The molecular weight excluding hydrogens is 288 g/mol. The van der Waals surface area contributed by atoms with E-state index in [9.17, 15) is 4.79 Å². The average Bonchev–Trinajstić information content (AvgIpc) is 2.98. The first-order chi connectivity index (χ1) is 11.0. The second-order valence-corrected chi connectivity index (χ2v) is 7.55. The predicted molar refractivity (Wildman–Crippen MR) is 91.3 cm³/mol. The molecule has 1 unspecified atom stereocenters. The molecule has 2 heterocycles. The lowest BCUT2D eigenvalue weighted by Gasteiger charge is -2.39. The molecule has 0 aliphatic carbocycles. The Kier molecular flexibility index (Phi) is 4.47. The summed E-state index contributed by atoms with van der Waals surface area (Å²) < 4.78 is 5.55. The lowest BCUT2D eigenvalue weighted by Crippen LogP contribution is -2.50. The van der Waals surface area contributed by atoms with Crippen molar-refractivity contribution >= 4 is 5.91 Å². The van der Waals surface area contributed by atoms with E-state index in [-0.39, 0.29) is 11.3 Å². The number of likely N-dealkylation sites (tertiary alicyclic amines) is 1. The summed E-state index contributed by atoms with van der Waals surface area (Å²) in [6, 6.07) is 8.45. The Hall–Kier alpha value is -1.39. The molecule has 2 aliphatic rings. The van der Waals surface area contributed by atoms with Gasteiger partial charge in [-0.15, -0.1) is 0 Å². The monoisotopic (exact) mass is 316 g/mol. The third-order valence-corrected chi connectivity index (χ3v) is 5.70. The first-order valence-corrected chi connectivity index (χ1v) is 8.63. The Labute approximate surface area is 139 Å². The second kappa shape index (κ2) is 6.25. The third kappa shape index (κ3) is 3.02. The molecule has 1 amide bonds. The topological polar surface area (TPSA) is 55.6 Å². The van der Waals surface area contributed by atoms with Crippen LogP contribution in [-0.4, -0.2) is 43.7 Å². The Morgan fingerprint density at radius 1 is 1.22 bits per heavy atom. The van der Waals surface area contributed by atoms with Crippen molar-refractivity contribution in [3.8, 4) is 0 Å². The van der Waals surface area contributed by atoms with Crippen LogP contribution in [0, 0.1) is 12.3 Å². The van der Waals surface area contributed by atoms with Crippen molar-refractivity contribution in [3.05, 3.63) is 35.4 Å². The molecule has 0 saturated carbocycles. The van der Waals surface area contributed by atoms with Crippen molar-refractivity contribution < 1.29 is 9.53 Å². The summed E-state index contributed by atoms with van der Waals surface area (Å²) in [7, 11) is 0. The maximum atomic E-state index is 13.4. The van der Waals surface area contributed by atoms with E-state index in [1.54, 1.807) is 0 Å². The molecule has 2 N–H and O–H groups in total. The van der Waals surface area contributed by atoms with Crippen LogP contribution in [0.25, 0.3) is 0 Å². The number of rotatable bonds is 3. The molecule has 23 heavy (non-hydrogen) atoms. The Bertz CT molecular complexity index is 563. The third-order valence-electron chi connectivity index (χ3n) is 5.70. The van der Waals surface area contributed by atoms with Gasteiger partial charge >= 0.3 is 0 Å². The Morgan fingerprint density at radius 2 is 1.87 bits per heavy atom. The fraction of sp³-hybridized carbons (Fsp3) is 0.632. The first kappa shape index (κ1) is 16.5. The number of nitrogens with two attached hydrogens (primary N) is 1. The second-order valence-electron chi connectivity index (χ2n) is 7.55. The van der Waals surface area contributed by atoms with Gasteiger partial charge in [-0.05, 0) is 43.7 Å². The fourth-order valence-corrected chi connectivity index (χ4v) is 3.88. The number of hydrogen-bond acceptors (Lipinski definition) is 3. The van der Waals surface area contributed by atoms with Gasteiger partial charge < -0.3 is 15.4 Å². The summed E-state index contributed by atoms with van der Waals surface area (Å²) >= 11 is 0. The van der Waals surface area contributed by atoms with Gasteiger partial charge in [0.2, 0.25) is 5.91 Å². The van der Waals surface area contributed by atoms with E-state index >= 15 is 0 Å². The van der Waals surface area contributed by atoms with Crippen LogP contribution >= 0.6 is 0 Å². The molecule has 1 atom stereocenters. The van der Waals surface area contributed by atoms with Crippen molar-refractivity contribution in [1.82, 2.24) is 4.90 Å². The summed E-state index contributed by atoms with van der Waals surface area (Å²) in [5.74, 6) is 0.266. The standard InChI is InChI=1S/C19H28N2O2/c1-15-3-5-16(6-4-15)19(8-11-23-12-9-19)17(22)21-10-7-18(2,13-20)14-21/h3-6H,7-14,20H2,1-2H3. The summed E-state index contributed by atoms with van der Waals surface area (Å²) in [4.78, 5) is 15.5. The molecule has 1 aromatic carbocycles. The summed E-state index contributed by atoms with van der Waals surface area (Å²) in [6.07, 6.45) is 2.53. The van der Waals surface area contributed by atoms with E-state index in [1.165, 1.54) is 5.56 Å². The Morgan fingerprint density at radius 3 is 2.43 bits per heavy atom. The molecule has 0 radical (unpaired) electrons. The van der Waals surface area contributed by atoms with Crippen LogP contribution < -0.4 is 5.73 Å². The van der Waals surface area contributed by atoms with Gasteiger partial charge in [0, 0.05) is 26.3 Å². The van der Waals surface area contributed by atoms with Gasteiger partial charge in [-0.25, -0.2) is 0 Å². The average molecular weight is 316 g/mol. The van der Waals surface area contributed by atoms with Crippen molar-refractivity contribution in [2.24, 2.45) is 11.1 Å². The van der Waals surface area contributed by atoms with Crippen molar-refractivity contribution in [1.29, 1.82) is 0 Å². The van der Waals surface area contributed by atoms with Crippen LogP contribution in [0.1, 0.15) is 37.3 Å². The molecule has 2 fully saturated rings. The van der Waals surface area contributed by atoms with Gasteiger partial charge in [-0.2, -0.15) is 0 Å². The molecule has 4 heteroatoms. The number of carbonyl (C=O) groups is 1. The van der Waals surface area contributed by atoms with Crippen LogP contribution in [0.3, 0.4) is 0 Å². The van der Waals surface area contributed by atoms with Crippen molar-refractivity contribution in [2.75, 3.05) is 32.8 Å². The van der Waals surface area contributed by atoms with E-state index in [0.717, 1.165) is 37.9 Å². The largest absolute Gasteiger partial charge is 0.381 e. The molecule has 1 aromatic rings. The minimum atomic E-state index is -0.425. The minimum Gasteiger partial charge on any atom is -0.381 e. The number of amides is 1. The maximum Gasteiger partial charge on any atom is 0.233 e. The summed E-state index contributed by atoms with van der Waals surface area (Å²) in [5.41, 5.74) is 7.91. The highest BCUT2D eigenvalue weighted by Gasteiger charge is 2.47. The molecular formula is C19H28N2O2. The van der Waals surface area contributed by atoms with Crippen LogP contribution in [0.5, 0.6) is 0 Å². The zero-order valence-corrected chi connectivity index (χ0v) is 14.3. The lowest BCUT2D eigenvalue weighted by molar-refractivity contribution is -0.140. The molecule has 0 aromatic heterocycles. The van der Waals surface area contributed by atoms with E-state index in [1.807, 2.05) is 4.90 Å². The molecule has 3 rings (SSSR count). The quantitative estimate of drug-likeness (QED) is 0.930. The predicted octanol–water partition coefficient (Wildman–Crippen LogP) is 2.24. The van der Waals surface area contributed by atoms with Gasteiger partial charge in [-0.1, -0.05) is 36.8 Å². The number of hydrogen-bond donors (Lipinski definition) is 1. The van der Waals surface area contributed by atoms with E-state index in [2.05, 4.69) is 38.1 Å². The first-order valence-electron chi connectivity index (χ1n) is 8.63. The van der Waals surface area contributed by atoms with Crippen molar-refractivity contribution in [3.63, 3.8) is 0 Å². The molecule has 0 spiro atoms. The number of ether oxygens (including phenoxy) is 1. The SMILES string of the molecule is Cc1ccc(C2(C(=O)N3CCC(C)(CN)C3)CCOCC2)cc1. The van der Waals surface area contributed by atoms with Crippen LogP contribution in [-0.2, 0) is 14.9 Å². The maximum absolute atomic E-state index is 13.4. The minimum absolute atomic E-state index is 0.0648. The normalized spacial score (nSPS) is 27.2. The van der Waals surface area contributed by atoms with Gasteiger partial charge in [0.15, 0.2) is 0 Å². The number of nitrogens with zero attached hydrogens (tertiary/aromatic N) is 1.